The van der Waals surface area contributed by atoms with E-state index in [1.807, 2.05) is 36.0 Å². The van der Waals surface area contributed by atoms with Gasteiger partial charge in [-0.05, 0) is 38.0 Å². The first-order valence-corrected chi connectivity index (χ1v) is 10.9. The van der Waals surface area contributed by atoms with Crippen LogP contribution in [0.4, 0.5) is 11.5 Å². The van der Waals surface area contributed by atoms with Crippen LogP contribution in [0.2, 0.25) is 5.02 Å². The Labute approximate surface area is 191 Å². The molecule has 0 aromatic carbocycles. The van der Waals surface area contributed by atoms with Gasteiger partial charge >= 0.3 is 0 Å². The predicted molar refractivity (Wildman–Crippen MR) is 124 cm³/mol. The minimum Gasteiger partial charge on any atom is -0.491 e. The molecule has 32 heavy (non-hydrogen) atoms. The van der Waals surface area contributed by atoms with Gasteiger partial charge in [-0.1, -0.05) is 11.6 Å². The molecule has 0 spiro atoms. The van der Waals surface area contributed by atoms with Crippen molar-refractivity contribution in [2.75, 3.05) is 12.4 Å². The normalized spacial score (nSPS) is 13.4. The standard InChI is InChI=1S/C23H24ClN7O/c1-14-20(23-26-12-19(32-3)22(28-23)27-16-6-9-25-10-7-16)29-31(21(14)15-4-5-15)13-18-17(24)8-11-30(18)2/h6-12,15H,4-5,13H2,1-3H3,(H,25,26,27,28). The maximum absolute atomic E-state index is 6.42. The lowest BCUT2D eigenvalue weighted by Gasteiger charge is -2.10. The molecule has 0 aliphatic heterocycles. The first-order valence-electron chi connectivity index (χ1n) is 10.5. The monoisotopic (exact) mass is 449 g/mol. The minimum absolute atomic E-state index is 0.517. The summed E-state index contributed by atoms with van der Waals surface area (Å²) in [5.74, 6) is 2.21. The number of nitrogens with one attached hydrogen (secondary N) is 1. The van der Waals surface area contributed by atoms with Crippen LogP contribution in [0.5, 0.6) is 5.75 Å². The van der Waals surface area contributed by atoms with Gasteiger partial charge in [-0.2, -0.15) is 5.10 Å². The Morgan fingerprint density at radius 3 is 2.66 bits per heavy atom. The fourth-order valence-electron chi connectivity index (χ4n) is 3.93. The van der Waals surface area contributed by atoms with Crippen LogP contribution < -0.4 is 10.1 Å². The zero-order valence-corrected chi connectivity index (χ0v) is 19.0. The van der Waals surface area contributed by atoms with Crippen molar-refractivity contribution >= 4 is 23.1 Å². The van der Waals surface area contributed by atoms with Crippen molar-refractivity contribution in [1.29, 1.82) is 0 Å². The Balaban J connectivity index is 1.55. The Morgan fingerprint density at radius 2 is 2.00 bits per heavy atom. The lowest BCUT2D eigenvalue weighted by molar-refractivity contribution is 0.413. The fraction of sp³-hybridized carbons (Fsp3) is 0.304. The quantitative estimate of drug-likeness (QED) is 0.440. The van der Waals surface area contributed by atoms with Gasteiger partial charge in [0.25, 0.3) is 0 Å². The first kappa shape index (κ1) is 20.5. The maximum atomic E-state index is 6.42. The average Bonchev–Trinajstić information content (AvgIpc) is 3.52. The Morgan fingerprint density at radius 1 is 1.22 bits per heavy atom. The van der Waals surface area contributed by atoms with Crippen LogP contribution in [-0.2, 0) is 13.6 Å². The molecule has 0 amide bonds. The van der Waals surface area contributed by atoms with E-state index in [1.54, 1.807) is 25.7 Å². The van der Waals surface area contributed by atoms with Crippen molar-refractivity contribution in [3.8, 4) is 17.3 Å². The molecule has 0 bridgehead atoms. The number of aryl methyl sites for hydroxylation is 1. The van der Waals surface area contributed by atoms with Crippen LogP contribution in [0.3, 0.4) is 0 Å². The van der Waals surface area contributed by atoms with Crippen molar-refractivity contribution in [3.05, 3.63) is 65.0 Å². The topological polar surface area (TPSA) is 82.7 Å². The number of anilines is 2. The van der Waals surface area contributed by atoms with Gasteiger partial charge in [-0.15, -0.1) is 0 Å². The summed E-state index contributed by atoms with van der Waals surface area (Å²) in [5.41, 5.74) is 5.01. The van der Waals surface area contributed by atoms with Crippen LogP contribution >= 0.6 is 11.6 Å². The molecule has 9 heteroatoms. The number of rotatable bonds is 7. The highest BCUT2D eigenvalue weighted by Crippen LogP contribution is 2.44. The van der Waals surface area contributed by atoms with Gasteiger partial charge in [0.05, 0.1) is 30.6 Å². The number of methoxy groups -OCH3 is 1. The van der Waals surface area contributed by atoms with E-state index in [-0.39, 0.29) is 0 Å². The highest BCUT2D eigenvalue weighted by atomic mass is 35.5. The summed E-state index contributed by atoms with van der Waals surface area (Å²) in [6, 6.07) is 5.65. The van der Waals surface area contributed by atoms with E-state index in [1.165, 1.54) is 18.5 Å². The second-order valence-corrected chi connectivity index (χ2v) is 8.39. The first-order chi connectivity index (χ1) is 15.5. The van der Waals surface area contributed by atoms with Crippen molar-refractivity contribution in [2.45, 2.75) is 32.2 Å². The molecule has 4 aromatic rings. The predicted octanol–water partition coefficient (Wildman–Crippen LogP) is 4.71. The van der Waals surface area contributed by atoms with Gasteiger partial charge in [0.2, 0.25) is 0 Å². The van der Waals surface area contributed by atoms with E-state index >= 15 is 0 Å². The lowest BCUT2D eigenvalue weighted by atomic mass is 10.1. The lowest BCUT2D eigenvalue weighted by Crippen LogP contribution is -2.09. The van der Waals surface area contributed by atoms with Gasteiger partial charge in [-0.25, -0.2) is 9.97 Å². The molecule has 0 unspecified atom stereocenters. The molecule has 0 atom stereocenters. The van der Waals surface area contributed by atoms with Crippen molar-refractivity contribution in [1.82, 2.24) is 29.3 Å². The molecule has 0 saturated heterocycles. The Bertz CT molecular complexity index is 1240. The molecule has 5 rings (SSSR count). The Kier molecular flexibility index (Phi) is 5.30. The molecule has 164 valence electrons. The Hall–Kier alpha value is -3.39. The van der Waals surface area contributed by atoms with E-state index in [4.69, 9.17) is 26.4 Å². The summed E-state index contributed by atoms with van der Waals surface area (Å²) < 4.78 is 9.57. The second kappa shape index (κ2) is 8.27. The zero-order chi connectivity index (χ0) is 22.2. The highest BCUT2D eigenvalue weighted by Gasteiger charge is 2.32. The molecule has 1 aliphatic rings. The van der Waals surface area contributed by atoms with Gasteiger partial charge in [-0.3, -0.25) is 9.67 Å². The third-order valence-corrected chi connectivity index (χ3v) is 6.12. The van der Waals surface area contributed by atoms with Crippen LogP contribution in [0.1, 0.15) is 35.7 Å². The largest absolute Gasteiger partial charge is 0.491 e. The van der Waals surface area contributed by atoms with Gasteiger partial charge < -0.3 is 14.6 Å². The number of ether oxygens (including phenoxy) is 1. The summed E-state index contributed by atoms with van der Waals surface area (Å²) in [7, 11) is 3.60. The zero-order valence-electron chi connectivity index (χ0n) is 18.2. The summed E-state index contributed by atoms with van der Waals surface area (Å²) in [6.07, 6.45) is 9.43. The maximum Gasteiger partial charge on any atom is 0.182 e. The van der Waals surface area contributed by atoms with Crippen molar-refractivity contribution in [2.24, 2.45) is 7.05 Å². The second-order valence-electron chi connectivity index (χ2n) is 7.98. The molecule has 1 saturated carbocycles. The third kappa shape index (κ3) is 3.82. The van der Waals surface area contributed by atoms with Crippen LogP contribution in [0, 0.1) is 6.92 Å². The smallest absolute Gasteiger partial charge is 0.182 e. The number of nitrogens with zero attached hydrogens (tertiary/aromatic N) is 6. The molecule has 8 nitrogen and oxygen atoms in total. The number of pyridine rings is 1. The molecule has 1 N–H and O–H groups in total. The van der Waals surface area contributed by atoms with Gasteiger partial charge in [0.15, 0.2) is 17.4 Å². The molecule has 1 aliphatic carbocycles. The minimum atomic E-state index is 0.517. The van der Waals surface area contributed by atoms with E-state index in [0.717, 1.165) is 27.7 Å². The summed E-state index contributed by atoms with van der Waals surface area (Å²) in [4.78, 5) is 13.4. The van der Waals surface area contributed by atoms with E-state index in [0.29, 0.717) is 29.9 Å². The highest BCUT2D eigenvalue weighted by molar-refractivity contribution is 6.31. The van der Waals surface area contributed by atoms with Gasteiger partial charge in [0.1, 0.15) is 5.69 Å². The molecular weight excluding hydrogens is 426 g/mol. The molecule has 4 heterocycles. The van der Waals surface area contributed by atoms with E-state index < -0.39 is 0 Å². The number of hydrogen-bond acceptors (Lipinski definition) is 6. The number of hydrogen-bond donors (Lipinski definition) is 1. The molecule has 4 aromatic heterocycles. The summed E-state index contributed by atoms with van der Waals surface area (Å²) in [6.45, 7) is 2.70. The van der Waals surface area contributed by atoms with E-state index in [2.05, 4.69) is 26.9 Å². The van der Waals surface area contributed by atoms with Gasteiger partial charge in [0, 0.05) is 48.5 Å². The van der Waals surface area contributed by atoms with Crippen LogP contribution in [0.15, 0.2) is 43.0 Å². The SMILES string of the molecule is COc1cnc(-c2nn(Cc3c(Cl)ccn3C)c(C3CC3)c2C)nc1Nc1ccncc1. The average molecular weight is 450 g/mol. The fourth-order valence-corrected chi connectivity index (χ4v) is 4.18. The molecule has 1 fully saturated rings. The summed E-state index contributed by atoms with van der Waals surface area (Å²) in [5, 5.41) is 8.98. The molecule has 0 radical (unpaired) electrons. The number of halogens is 1. The van der Waals surface area contributed by atoms with Crippen LogP contribution in [-0.4, -0.2) is 36.4 Å². The van der Waals surface area contributed by atoms with E-state index in [9.17, 15) is 0 Å². The molecular formula is C23H24ClN7O. The summed E-state index contributed by atoms with van der Waals surface area (Å²) >= 11 is 6.42. The number of aromatic nitrogens is 6. The van der Waals surface area contributed by atoms with Crippen molar-refractivity contribution in [3.63, 3.8) is 0 Å². The third-order valence-electron chi connectivity index (χ3n) is 5.78. The van der Waals surface area contributed by atoms with Crippen LogP contribution in [0.25, 0.3) is 11.5 Å². The van der Waals surface area contributed by atoms with Crippen molar-refractivity contribution < 1.29 is 4.74 Å².